The zero-order chi connectivity index (χ0) is 14.1. The molecule has 1 nitrogen and oxygen atoms in total. The molecule has 0 N–H and O–H groups in total. The summed E-state index contributed by atoms with van der Waals surface area (Å²) in [4.78, 5) is 12.3. The van der Waals surface area contributed by atoms with E-state index in [4.69, 9.17) is 0 Å². The highest BCUT2D eigenvalue weighted by Gasteiger charge is 2.15. The molecule has 0 saturated carbocycles. The highest BCUT2D eigenvalue weighted by atomic mass is 19.2. The van der Waals surface area contributed by atoms with Crippen molar-refractivity contribution in [3.63, 3.8) is 0 Å². The maximum absolute atomic E-state index is 13.2. The van der Waals surface area contributed by atoms with Crippen molar-refractivity contribution in [2.24, 2.45) is 0 Å². The lowest BCUT2D eigenvalue weighted by Gasteiger charge is -2.16. The molecule has 0 aromatic heterocycles. The summed E-state index contributed by atoms with van der Waals surface area (Å²) in [6, 6.07) is 8.89. The normalized spacial score (nSPS) is 13.9. The average Bonchev–Trinajstić information content (AvgIpc) is 2.49. The highest BCUT2D eigenvalue weighted by molar-refractivity contribution is 6.09. The minimum absolute atomic E-state index is 0.180. The van der Waals surface area contributed by atoms with Crippen molar-refractivity contribution in [2.45, 2.75) is 25.7 Å². The molecule has 1 aliphatic carbocycles. The van der Waals surface area contributed by atoms with E-state index in [0.717, 1.165) is 31.4 Å². The smallest absolute Gasteiger partial charge is 0.193 e. The Morgan fingerprint density at radius 3 is 2.20 bits per heavy atom. The van der Waals surface area contributed by atoms with E-state index >= 15 is 0 Å². The summed E-state index contributed by atoms with van der Waals surface area (Å²) in [7, 11) is 0. The minimum atomic E-state index is -0.992. The van der Waals surface area contributed by atoms with Crippen LogP contribution in [0.4, 0.5) is 8.78 Å². The van der Waals surface area contributed by atoms with Crippen LogP contribution in [0.15, 0.2) is 36.4 Å². The van der Waals surface area contributed by atoms with Gasteiger partial charge in [-0.2, -0.15) is 0 Å². The molecule has 102 valence electrons. The fourth-order valence-corrected chi connectivity index (χ4v) is 2.68. The maximum atomic E-state index is 13.2. The van der Waals surface area contributed by atoms with E-state index < -0.39 is 11.6 Å². The molecule has 0 amide bonds. The number of hydrogen-bond acceptors (Lipinski definition) is 1. The molecule has 1 aliphatic rings. The van der Waals surface area contributed by atoms with E-state index in [2.05, 4.69) is 0 Å². The Kier molecular flexibility index (Phi) is 3.35. The van der Waals surface area contributed by atoms with Gasteiger partial charge < -0.3 is 0 Å². The molecule has 0 spiro atoms. The summed E-state index contributed by atoms with van der Waals surface area (Å²) in [5, 5.41) is 0. The first-order chi connectivity index (χ1) is 9.65. The molecular weight excluding hydrogens is 258 g/mol. The Hall–Kier alpha value is -2.03. The summed E-state index contributed by atoms with van der Waals surface area (Å²) >= 11 is 0. The van der Waals surface area contributed by atoms with Gasteiger partial charge in [-0.15, -0.1) is 0 Å². The summed E-state index contributed by atoms with van der Waals surface area (Å²) in [5.74, 6) is -2.20. The molecule has 0 fully saturated rings. The van der Waals surface area contributed by atoms with Gasteiger partial charge in [0.2, 0.25) is 0 Å². The van der Waals surface area contributed by atoms with Crippen LogP contribution in [0, 0.1) is 11.6 Å². The number of carbonyl (C=O) groups is 1. The van der Waals surface area contributed by atoms with Gasteiger partial charge in [-0.3, -0.25) is 4.79 Å². The predicted molar refractivity (Wildman–Crippen MR) is 72.9 cm³/mol. The van der Waals surface area contributed by atoms with Crippen molar-refractivity contribution in [1.82, 2.24) is 0 Å². The van der Waals surface area contributed by atoms with Gasteiger partial charge in [-0.1, -0.05) is 12.1 Å². The number of halogens is 2. The van der Waals surface area contributed by atoms with E-state index in [1.165, 1.54) is 23.6 Å². The number of rotatable bonds is 2. The van der Waals surface area contributed by atoms with Crippen LogP contribution in [-0.4, -0.2) is 5.78 Å². The number of ketones is 1. The molecule has 0 atom stereocenters. The molecule has 20 heavy (non-hydrogen) atoms. The lowest BCUT2D eigenvalue weighted by Crippen LogP contribution is -2.07. The average molecular weight is 272 g/mol. The van der Waals surface area contributed by atoms with Crippen molar-refractivity contribution in [3.05, 3.63) is 70.3 Å². The summed E-state index contributed by atoms with van der Waals surface area (Å²) in [5.41, 5.74) is 3.21. The van der Waals surface area contributed by atoms with Crippen LogP contribution in [0.3, 0.4) is 0 Å². The van der Waals surface area contributed by atoms with Crippen LogP contribution in [0.1, 0.15) is 39.9 Å². The molecule has 3 heteroatoms. The van der Waals surface area contributed by atoms with E-state index in [1.807, 2.05) is 12.1 Å². The number of aryl methyl sites for hydroxylation is 2. The summed E-state index contributed by atoms with van der Waals surface area (Å²) < 4.78 is 26.1. The first kappa shape index (κ1) is 13.0. The fraction of sp³-hybridized carbons (Fsp3) is 0.235. The van der Waals surface area contributed by atoms with E-state index in [1.54, 1.807) is 6.07 Å². The number of fused-ring (bicyclic) bond motifs is 1. The van der Waals surface area contributed by atoms with E-state index in [9.17, 15) is 13.6 Å². The largest absolute Gasteiger partial charge is 0.289 e. The van der Waals surface area contributed by atoms with Crippen molar-refractivity contribution in [3.8, 4) is 0 Å². The fourth-order valence-electron chi connectivity index (χ4n) is 2.68. The van der Waals surface area contributed by atoms with Crippen LogP contribution in [0.25, 0.3) is 0 Å². The van der Waals surface area contributed by atoms with Crippen LogP contribution >= 0.6 is 0 Å². The minimum Gasteiger partial charge on any atom is -0.289 e. The van der Waals surface area contributed by atoms with Gasteiger partial charge in [-0.25, -0.2) is 8.78 Å². The lowest BCUT2D eigenvalue weighted by atomic mass is 9.89. The van der Waals surface area contributed by atoms with Crippen LogP contribution in [0.5, 0.6) is 0 Å². The molecular formula is C17H14F2O. The zero-order valence-corrected chi connectivity index (χ0v) is 11.0. The molecule has 0 saturated heterocycles. The lowest BCUT2D eigenvalue weighted by molar-refractivity contribution is 0.103. The van der Waals surface area contributed by atoms with Crippen LogP contribution in [0.2, 0.25) is 0 Å². The molecule has 0 bridgehead atoms. The quantitative estimate of drug-likeness (QED) is 0.753. The molecule has 2 aromatic carbocycles. The second-order valence-corrected chi connectivity index (χ2v) is 5.15. The van der Waals surface area contributed by atoms with Crippen molar-refractivity contribution < 1.29 is 13.6 Å². The van der Waals surface area contributed by atoms with Gasteiger partial charge in [0, 0.05) is 11.1 Å². The zero-order valence-electron chi connectivity index (χ0n) is 11.0. The molecule has 0 heterocycles. The number of hydrogen-bond donors (Lipinski definition) is 0. The number of carbonyl (C=O) groups excluding carboxylic acids is 1. The Labute approximate surface area is 116 Å². The predicted octanol–water partition coefficient (Wildman–Crippen LogP) is 4.07. The standard InChI is InChI=1S/C17H14F2O/c18-15-8-7-14(10-16(15)19)17(20)13-6-5-11-3-1-2-4-12(11)9-13/h5-10H,1-4H2. The Morgan fingerprint density at radius 2 is 1.45 bits per heavy atom. The SMILES string of the molecule is O=C(c1ccc(F)c(F)c1)c1ccc2c(c1)CCCC2. The maximum Gasteiger partial charge on any atom is 0.193 e. The van der Waals surface area contributed by atoms with Gasteiger partial charge in [0.1, 0.15) is 0 Å². The molecule has 3 rings (SSSR count). The third-order valence-electron chi connectivity index (χ3n) is 3.79. The van der Waals surface area contributed by atoms with Crippen LogP contribution in [-0.2, 0) is 12.8 Å². The van der Waals surface area contributed by atoms with Crippen molar-refractivity contribution in [1.29, 1.82) is 0 Å². The van der Waals surface area contributed by atoms with Gasteiger partial charge in [-0.05, 0) is 61.1 Å². The molecule has 0 radical (unpaired) electrons. The number of benzene rings is 2. The highest BCUT2D eigenvalue weighted by Crippen LogP contribution is 2.23. The van der Waals surface area contributed by atoms with E-state index in [-0.39, 0.29) is 11.3 Å². The summed E-state index contributed by atoms with van der Waals surface area (Å²) in [6.45, 7) is 0. The molecule has 0 unspecified atom stereocenters. The third-order valence-corrected chi connectivity index (χ3v) is 3.79. The monoisotopic (exact) mass is 272 g/mol. The third kappa shape index (κ3) is 2.36. The second kappa shape index (κ2) is 5.16. The Balaban J connectivity index is 1.95. The first-order valence-electron chi connectivity index (χ1n) is 6.77. The van der Waals surface area contributed by atoms with Crippen molar-refractivity contribution in [2.75, 3.05) is 0 Å². The van der Waals surface area contributed by atoms with Crippen molar-refractivity contribution >= 4 is 5.78 Å². The summed E-state index contributed by atoms with van der Waals surface area (Å²) in [6.07, 6.45) is 4.35. The van der Waals surface area contributed by atoms with Gasteiger partial charge in [0.25, 0.3) is 0 Å². The molecule has 2 aromatic rings. The molecule has 0 aliphatic heterocycles. The first-order valence-corrected chi connectivity index (χ1v) is 6.77. The topological polar surface area (TPSA) is 17.1 Å². The van der Waals surface area contributed by atoms with E-state index in [0.29, 0.717) is 5.56 Å². The van der Waals surface area contributed by atoms with Crippen LogP contribution < -0.4 is 0 Å². The van der Waals surface area contributed by atoms with Gasteiger partial charge >= 0.3 is 0 Å². The Bertz CT molecular complexity index is 677. The second-order valence-electron chi connectivity index (χ2n) is 5.15. The Morgan fingerprint density at radius 1 is 0.800 bits per heavy atom. The van der Waals surface area contributed by atoms with Gasteiger partial charge in [0.05, 0.1) is 0 Å². The van der Waals surface area contributed by atoms with Gasteiger partial charge in [0.15, 0.2) is 17.4 Å².